The van der Waals surface area contributed by atoms with Gasteiger partial charge in [-0.15, -0.1) is 0 Å². The molecule has 1 aliphatic carbocycles. The van der Waals surface area contributed by atoms with Crippen LogP contribution >= 0.6 is 0 Å². The molecule has 0 bridgehead atoms. The molecule has 3 nitrogen and oxygen atoms in total. The molecule has 0 spiro atoms. The molecule has 1 aliphatic rings. The lowest BCUT2D eigenvalue weighted by Crippen LogP contribution is -2.25. The summed E-state index contributed by atoms with van der Waals surface area (Å²) >= 11 is 0. The fraction of sp³-hybridized carbons (Fsp3) is 0.636. The molecule has 0 radical (unpaired) electrons. The predicted octanol–water partition coefficient (Wildman–Crippen LogP) is 2.82. The number of nitrogens with one attached hydrogen (secondary N) is 1. The minimum Gasteiger partial charge on any atom is -0.284 e. The minimum absolute atomic E-state index is 0. The van der Waals surface area contributed by atoms with E-state index in [1.54, 1.807) is 0 Å². The molecule has 0 aromatic carbocycles. The van der Waals surface area contributed by atoms with E-state index in [2.05, 4.69) is 4.72 Å². The maximum Gasteiger partial charge on any atom is 0.232 e. The van der Waals surface area contributed by atoms with Crippen LogP contribution < -0.4 is 4.72 Å². The molecule has 0 amide bonds. The minimum atomic E-state index is -3.10. The number of sulfonamides is 1. The van der Waals surface area contributed by atoms with E-state index in [4.69, 9.17) is 0 Å². The fourth-order valence-corrected chi connectivity index (χ4v) is 2.34. The Labute approximate surface area is 94.8 Å². The summed E-state index contributed by atoms with van der Waals surface area (Å²) in [6.45, 7) is 5.85. The Bertz CT molecular complexity index is 321. The van der Waals surface area contributed by atoms with E-state index in [0.717, 1.165) is 12.8 Å². The van der Waals surface area contributed by atoms with Gasteiger partial charge in [-0.2, -0.15) is 0 Å². The molecule has 0 saturated carbocycles. The average Bonchev–Trinajstić information content (AvgIpc) is 2.21. The second-order valence-corrected chi connectivity index (χ2v) is 4.90. The first-order chi connectivity index (χ1) is 7.14. The number of allylic oxidation sites excluding steroid dienone is 3. The van der Waals surface area contributed by atoms with Crippen LogP contribution in [-0.2, 0) is 10.0 Å². The van der Waals surface area contributed by atoms with Gasteiger partial charge in [0, 0.05) is 7.12 Å². The molecule has 0 saturated heterocycles. The number of rotatable bonds is 4. The summed E-state index contributed by atoms with van der Waals surface area (Å²) in [5.41, 5.74) is 0.708. The molecule has 0 unspecified atom stereocenters. The Kier molecular flexibility index (Phi) is 7.13. The van der Waals surface area contributed by atoms with Crippen molar-refractivity contribution in [2.45, 2.75) is 40.0 Å². The Morgan fingerprint density at radius 3 is 2.53 bits per heavy atom. The second-order valence-electron chi connectivity index (χ2n) is 3.06. The quantitative estimate of drug-likeness (QED) is 0.811. The van der Waals surface area contributed by atoms with E-state index < -0.39 is 10.0 Å². The highest BCUT2D eigenvalue weighted by Gasteiger charge is 2.09. The van der Waals surface area contributed by atoms with Crippen molar-refractivity contribution in [3.8, 4) is 0 Å². The second kappa shape index (κ2) is 7.51. The third kappa shape index (κ3) is 6.33. The summed E-state index contributed by atoms with van der Waals surface area (Å²) in [6, 6.07) is 0. The first-order valence-electron chi connectivity index (χ1n) is 5.51. The molecule has 0 aromatic heterocycles. The van der Waals surface area contributed by atoms with Crippen LogP contribution in [0.4, 0.5) is 0 Å². The average molecular weight is 233 g/mol. The Balaban J connectivity index is 0. The molecule has 0 aliphatic heterocycles. The highest BCUT2D eigenvalue weighted by Crippen LogP contribution is 2.08. The zero-order valence-electron chi connectivity index (χ0n) is 9.79. The van der Waals surface area contributed by atoms with Gasteiger partial charge in [-0.1, -0.05) is 32.9 Å². The van der Waals surface area contributed by atoms with E-state index in [0.29, 0.717) is 12.1 Å². The van der Waals surface area contributed by atoms with Crippen LogP contribution in [0, 0.1) is 0 Å². The van der Waals surface area contributed by atoms with Crippen molar-refractivity contribution in [3.63, 3.8) is 0 Å². The highest BCUT2D eigenvalue weighted by molar-refractivity contribution is 7.89. The number of hydrogen-bond donors (Lipinski definition) is 1. The van der Waals surface area contributed by atoms with E-state index in [1.807, 2.05) is 39.0 Å². The number of hydrogen-bond acceptors (Lipinski definition) is 2. The van der Waals surface area contributed by atoms with Crippen LogP contribution in [0.1, 0.15) is 41.5 Å². The standard InChI is InChI=1S/C9H15NO2S.C2H6.H2/c1-2-8-13(11,12)10-9-6-4-3-5-7-9;1-2;/h4,6-7,10H,2-3,5,8H2,1H3;1-2H3;1H. The van der Waals surface area contributed by atoms with Crippen LogP contribution in [-0.4, -0.2) is 14.2 Å². The van der Waals surface area contributed by atoms with Crippen molar-refractivity contribution in [2.24, 2.45) is 0 Å². The van der Waals surface area contributed by atoms with Crippen molar-refractivity contribution in [1.82, 2.24) is 4.72 Å². The van der Waals surface area contributed by atoms with Crippen molar-refractivity contribution < 1.29 is 9.84 Å². The maximum atomic E-state index is 11.3. The van der Waals surface area contributed by atoms with Gasteiger partial charge in [0.15, 0.2) is 0 Å². The SMILES string of the molecule is CC.CCCS(=O)(=O)NC1=CCCC=C1.[HH]. The van der Waals surface area contributed by atoms with Gasteiger partial charge < -0.3 is 0 Å². The molecular weight excluding hydrogens is 210 g/mol. The van der Waals surface area contributed by atoms with Gasteiger partial charge in [-0.25, -0.2) is 8.42 Å². The van der Waals surface area contributed by atoms with Crippen molar-refractivity contribution in [1.29, 1.82) is 0 Å². The van der Waals surface area contributed by atoms with E-state index in [9.17, 15) is 8.42 Å². The molecule has 0 aromatic rings. The van der Waals surface area contributed by atoms with Gasteiger partial charge in [0.25, 0.3) is 0 Å². The van der Waals surface area contributed by atoms with Crippen molar-refractivity contribution in [2.75, 3.05) is 5.75 Å². The Morgan fingerprint density at radius 1 is 1.40 bits per heavy atom. The van der Waals surface area contributed by atoms with E-state index in [-0.39, 0.29) is 7.18 Å². The molecule has 4 heteroatoms. The largest absolute Gasteiger partial charge is 0.284 e. The lowest BCUT2D eigenvalue weighted by Gasteiger charge is -2.09. The molecule has 0 fully saturated rings. The van der Waals surface area contributed by atoms with Gasteiger partial charge in [0.1, 0.15) is 0 Å². The predicted molar refractivity (Wildman–Crippen MR) is 67.1 cm³/mol. The Morgan fingerprint density at radius 2 is 2.07 bits per heavy atom. The van der Waals surface area contributed by atoms with Gasteiger partial charge in [-0.3, -0.25) is 4.72 Å². The normalized spacial score (nSPS) is 15.0. The monoisotopic (exact) mass is 233 g/mol. The fourth-order valence-electron chi connectivity index (χ4n) is 1.19. The summed E-state index contributed by atoms with van der Waals surface area (Å²) in [7, 11) is -3.10. The smallest absolute Gasteiger partial charge is 0.232 e. The molecule has 1 N–H and O–H groups in total. The van der Waals surface area contributed by atoms with E-state index >= 15 is 0 Å². The zero-order valence-corrected chi connectivity index (χ0v) is 10.6. The lowest BCUT2D eigenvalue weighted by atomic mass is 10.2. The van der Waals surface area contributed by atoms with Crippen molar-refractivity contribution in [3.05, 3.63) is 23.9 Å². The molecule has 0 atom stereocenters. The van der Waals surface area contributed by atoms with Gasteiger partial charge in [0.2, 0.25) is 10.0 Å². The molecule has 90 valence electrons. The van der Waals surface area contributed by atoms with Crippen LogP contribution in [0.5, 0.6) is 0 Å². The third-order valence-electron chi connectivity index (χ3n) is 1.74. The summed E-state index contributed by atoms with van der Waals surface area (Å²) in [5.74, 6) is 0.193. The first kappa shape index (κ1) is 14.2. The summed E-state index contributed by atoms with van der Waals surface area (Å²) in [5, 5.41) is 0. The van der Waals surface area contributed by atoms with Gasteiger partial charge >= 0.3 is 0 Å². The van der Waals surface area contributed by atoms with Crippen LogP contribution in [0.2, 0.25) is 0 Å². The summed E-state index contributed by atoms with van der Waals surface area (Å²) in [6.07, 6.45) is 8.26. The van der Waals surface area contributed by atoms with E-state index in [1.165, 1.54) is 0 Å². The molecule has 15 heavy (non-hydrogen) atoms. The first-order valence-corrected chi connectivity index (χ1v) is 7.16. The van der Waals surface area contributed by atoms with Crippen LogP contribution in [0.25, 0.3) is 0 Å². The summed E-state index contributed by atoms with van der Waals surface area (Å²) < 4.78 is 25.2. The van der Waals surface area contributed by atoms with Gasteiger partial charge in [0.05, 0.1) is 5.75 Å². The topological polar surface area (TPSA) is 46.2 Å². The molecule has 1 rings (SSSR count). The lowest BCUT2D eigenvalue weighted by molar-refractivity contribution is 0.587. The zero-order chi connectivity index (χ0) is 11.7. The van der Waals surface area contributed by atoms with Crippen LogP contribution in [0.3, 0.4) is 0 Å². The van der Waals surface area contributed by atoms with Crippen molar-refractivity contribution >= 4 is 10.0 Å². The third-order valence-corrected chi connectivity index (χ3v) is 3.23. The molecule has 0 heterocycles. The summed E-state index contributed by atoms with van der Waals surface area (Å²) in [4.78, 5) is 0. The highest BCUT2D eigenvalue weighted by atomic mass is 32.2. The van der Waals surface area contributed by atoms with Gasteiger partial charge in [-0.05, 0) is 25.3 Å². The van der Waals surface area contributed by atoms with Crippen LogP contribution in [0.15, 0.2) is 23.9 Å². The maximum absolute atomic E-state index is 11.3. The molecular formula is C11H23NO2S. The Hall–Kier alpha value is -0.770.